The summed E-state index contributed by atoms with van der Waals surface area (Å²) >= 11 is 0. The minimum atomic E-state index is 0. The molecule has 29 heavy (non-hydrogen) atoms. The summed E-state index contributed by atoms with van der Waals surface area (Å²) in [7, 11) is 3.22. The summed E-state index contributed by atoms with van der Waals surface area (Å²) in [6.45, 7) is 1.71. The van der Waals surface area contributed by atoms with E-state index < -0.39 is 0 Å². The van der Waals surface area contributed by atoms with Gasteiger partial charge < -0.3 is 25.1 Å². The number of ether oxygens (including phenoxy) is 2. The van der Waals surface area contributed by atoms with Gasteiger partial charge >= 0.3 is 0 Å². The molecule has 2 aromatic carbocycles. The fraction of sp³-hybridized carbons (Fsp3) is 0.238. The average molecular weight is 507 g/mol. The quantitative estimate of drug-likeness (QED) is 0.278. The summed E-state index contributed by atoms with van der Waals surface area (Å²) in [5, 5.41) is 3.12. The molecule has 0 saturated carbocycles. The number of guanidine groups is 1. The van der Waals surface area contributed by atoms with Crippen molar-refractivity contribution in [1.29, 1.82) is 0 Å². The molecule has 0 aliphatic carbocycles. The van der Waals surface area contributed by atoms with Crippen LogP contribution in [0, 0.1) is 0 Å². The number of aromatic nitrogens is 2. The van der Waals surface area contributed by atoms with Crippen molar-refractivity contribution in [1.82, 2.24) is 14.9 Å². The Labute approximate surface area is 188 Å². The minimum Gasteiger partial charge on any atom is -0.493 e. The maximum atomic E-state index is 6.01. The van der Waals surface area contributed by atoms with E-state index in [0.29, 0.717) is 30.5 Å². The molecule has 0 spiro atoms. The molecular weight excluding hydrogens is 481 g/mol. The van der Waals surface area contributed by atoms with Crippen LogP contribution in [0.25, 0.3) is 0 Å². The van der Waals surface area contributed by atoms with Gasteiger partial charge in [-0.1, -0.05) is 36.4 Å². The standard InChI is InChI=1S/C21H25N5O2.HI/c1-27-18-9-8-17(12-19(18)28-2)13-24-21(22)25-14-20-23-10-11-26(20)15-16-6-4-3-5-7-16;/h3-12H,13-15H2,1-2H3,(H3,22,24,25);1H. The highest BCUT2D eigenvalue weighted by atomic mass is 127. The Bertz CT molecular complexity index is 928. The number of halogens is 1. The average Bonchev–Trinajstić information content (AvgIpc) is 3.18. The van der Waals surface area contributed by atoms with Gasteiger partial charge in [-0.05, 0) is 23.3 Å². The van der Waals surface area contributed by atoms with E-state index in [9.17, 15) is 0 Å². The van der Waals surface area contributed by atoms with Crippen molar-refractivity contribution in [2.24, 2.45) is 10.7 Å². The van der Waals surface area contributed by atoms with Crippen molar-refractivity contribution >= 4 is 29.9 Å². The number of hydrogen-bond acceptors (Lipinski definition) is 4. The number of methoxy groups -OCH3 is 2. The summed E-state index contributed by atoms with van der Waals surface area (Å²) < 4.78 is 12.6. The van der Waals surface area contributed by atoms with Crippen molar-refractivity contribution in [2.45, 2.75) is 19.6 Å². The fourth-order valence-corrected chi connectivity index (χ4v) is 2.81. The van der Waals surface area contributed by atoms with Crippen LogP contribution in [0.15, 0.2) is 65.9 Å². The lowest BCUT2D eigenvalue weighted by atomic mass is 10.2. The molecule has 0 aliphatic heterocycles. The predicted molar refractivity (Wildman–Crippen MR) is 125 cm³/mol. The predicted octanol–water partition coefficient (Wildman–Crippen LogP) is 3.17. The van der Waals surface area contributed by atoms with E-state index in [4.69, 9.17) is 15.2 Å². The third kappa shape index (κ3) is 6.38. The minimum absolute atomic E-state index is 0. The number of rotatable bonds is 8. The van der Waals surface area contributed by atoms with E-state index in [1.54, 1.807) is 20.4 Å². The van der Waals surface area contributed by atoms with Gasteiger partial charge in [-0.2, -0.15) is 0 Å². The zero-order valence-electron chi connectivity index (χ0n) is 16.5. The molecule has 0 saturated heterocycles. The van der Waals surface area contributed by atoms with Crippen LogP contribution in [0.2, 0.25) is 0 Å². The summed E-state index contributed by atoms with van der Waals surface area (Å²) in [6.07, 6.45) is 3.75. The molecule has 0 bridgehead atoms. The molecule has 0 unspecified atom stereocenters. The van der Waals surface area contributed by atoms with Crippen LogP contribution < -0.4 is 20.5 Å². The smallest absolute Gasteiger partial charge is 0.189 e. The van der Waals surface area contributed by atoms with Crippen LogP contribution in [0.5, 0.6) is 11.5 Å². The van der Waals surface area contributed by atoms with Gasteiger partial charge in [-0.15, -0.1) is 24.0 Å². The van der Waals surface area contributed by atoms with E-state index in [0.717, 1.165) is 17.9 Å². The SMILES string of the molecule is COc1ccc(CN=C(N)NCc2nccn2Cc2ccccc2)cc1OC.I. The maximum Gasteiger partial charge on any atom is 0.189 e. The molecule has 154 valence electrons. The van der Waals surface area contributed by atoms with Crippen LogP contribution in [-0.2, 0) is 19.6 Å². The number of imidazole rings is 1. The van der Waals surface area contributed by atoms with Crippen molar-refractivity contribution in [2.75, 3.05) is 14.2 Å². The lowest BCUT2D eigenvalue weighted by Gasteiger charge is -2.10. The Morgan fingerprint density at radius 1 is 1.07 bits per heavy atom. The molecule has 8 heteroatoms. The molecule has 3 N–H and O–H groups in total. The van der Waals surface area contributed by atoms with Gasteiger partial charge in [0.05, 0.1) is 27.3 Å². The summed E-state index contributed by atoms with van der Waals surface area (Å²) in [6, 6.07) is 15.9. The lowest BCUT2D eigenvalue weighted by molar-refractivity contribution is 0.354. The highest BCUT2D eigenvalue weighted by Gasteiger charge is 2.06. The summed E-state index contributed by atoms with van der Waals surface area (Å²) in [5.74, 6) is 2.62. The van der Waals surface area contributed by atoms with Gasteiger partial charge in [0.1, 0.15) is 5.82 Å². The van der Waals surface area contributed by atoms with E-state index in [1.165, 1.54) is 5.56 Å². The molecule has 0 amide bonds. The monoisotopic (exact) mass is 507 g/mol. The van der Waals surface area contributed by atoms with E-state index >= 15 is 0 Å². The first-order valence-electron chi connectivity index (χ1n) is 8.98. The van der Waals surface area contributed by atoms with Gasteiger partial charge in [-0.3, -0.25) is 0 Å². The Hall–Kier alpha value is -2.75. The van der Waals surface area contributed by atoms with Crippen LogP contribution in [0.1, 0.15) is 17.0 Å². The van der Waals surface area contributed by atoms with Gasteiger partial charge in [0.2, 0.25) is 0 Å². The van der Waals surface area contributed by atoms with Crippen LogP contribution in [0.3, 0.4) is 0 Å². The molecule has 1 aromatic heterocycles. The highest BCUT2D eigenvalue weighted by molar-refractivity contribution is 14.0. The second-order valence-corrected chi connectivity index (χ2v) is 6.20. The first kappa shape index (κ1) is 22.5. The zero-order valence-corrected chi connectivity index (χ0v) is 18.9. The normalized spacial score (nSPS) is 10.9. The molecule has 3 aromatic rings. The van der Waals surface area contributed by atoms with Crippen molar-refractivity contribution in [3.8, 4) is 11.5 Å². The second kappa shape index (κ2) is 11.3. The van der Waals surface area contributed by atoms with E-state index in [2.05, 4.69) is 32.0 Å². The molecule has 3 rings (SSSR count). The molecule has 7 nitrogen and oxygen atoms in total. The first-order chi connectivity index (χ1) is 13.7. The molecule has 0 aliphatic rings. The molecular formula is C21H26IN5O2. The molecule has 0 fully saturated rings. The van der Waals surface area contributed by atoms with Crippen LogP contribution >= 0.6 is 24.0 Å². The van der Waals surface area contributed by atoms with Crippen LogP contribution in [0.4, 0.5) is 0 Å². The molecule has 1 heterocycles. The third-order valence-electron chi connectivity index (χ3n) is 4.30. The number of nitrogens with two attached hydrogens (primary N) is 1. The fourth-order valence-electron chi connectivity index (χ4n) is 2.81. The summed E-state index contributed by atoms with van der Waals surface area (Å²) in [4.78, 5) is 8.79. The van der Waals surface area contributed by atoms with Gasteiger partial charge in [-0.25, -0.2) is 9.98 Å². The largest absolute Gasteiger partial charge is 0.493 e. The van der Waals surface area contributed by atoms with E-state index in [1.807, 2.05) is 42.6 Å². The van der Waals surface area contributed by atoms with Crippen molar-refractivity contribution in [3.63, 3.8) is 0 Å². The van der Waals surface area contributed by atoms with Gasteiger partial charge in [0.25, 0.3) is 0 Å². The topological polar surface area (TPSA) is 86.7 Å². The Balaban J connectivity index is 0.00000300. The third-order valence-corrected chi connectivity index (χ3v) is 4.30. The second-order valence-electron chi connectivity index (χ2n) is 6.20. The first-order valence-corrected chi connectivity index (χ1v) is 8.98. The number of nitrogens with zero attached hydrogens (tertiary/aromatic N) is 3. The number of hydrogen-bond donors (Lipinski definition) is 2. The number of nitrogens with one attached hydrogen (secondary N) is 1. The Morgan fingerprint density at radius 3 is 2.55 bits per heavy atom. The Kier molecular flexibility index (Phi) is 8.78. The molecule has 0 radical (unpaired) electrons. The maximum absolute atomic E-state index is 6.01. The van der Waals surface area contributed by atoms with Gasteiger partial charge in [0.15, 0.2) is 17.5 Å². The number of benzene rings is 2. The lowest BCUT2D eigenvalue weighted by Crippen LogP contribution is -2.32. The van der Waals surface area contributed by atoms with Gasteiger partial charge in [0, 0.05) is 18.9 Å². The van der Waals surface area contributed by atoms with E-state index in [-0.39, 0.29) is 24.0 Å². The van der Waals surface area contributed by atoms with Crippen molar-refractivity contribution in [3.05, 3.63) is 77.9 Å². The highest BCUT2D eigenvalue weighted by Crippen LogP contribution is 2.27. The summed E-state index contributed by atoms with van der Waals surface area (Å²) in [5.41, 5.74) is 8.21. The number of aliphatic imine (C=N–C) groups is 1. The van der Waals surface area contributed by atoms with Crippen molar-refractivity contribution < 1.29 is 9.47 Å². The van der Waals surface area contributed by atoms with Crippen LogP contribution in [-0.4, -0.2) is 29.7 Å². The Morgan fingerprint density at radius 2 is 1.83 bits per heavy atom. The zero-order chi connectivity index (χ0) is 19.8. The molecule has 0 atom stereocenters.